The molecule has 0 heterocycles. The number of carbonyl (C=O) groups is 2. The summed E-state index contributed by atoms with van der Waals surface area (Å²) in [6.45, 7) is 2.97. The highest BCUT2D eigenvalue weighted by Crippen LogP contribution is 2.28. The van der Waals surface area contributed by atoms with Crippen molar-refractivity contribution in [2.24, 2.45) is 5.10 Å². The lowest BCUT2D eigenvalue weighted by atomic mass is 10.1. The van der Waals surface area contributed by atoms with Crippen LogP contribution < -0.4 is 14.5 Å². The van der Waals surface area contributed by atoms with Crippen LogP contribution in [0.25, 0.3) is 0 Å². The van der Waals surface area contributed by atoms with Crippen molar-refractivity contribution in [3.63, 3.8) is 0 Å². The lowest BCUT2D eigenvalue weighted by Crippen LogP contribution is -2.40. The number of methoxy groups -OCH3 is 1. The number of ether oxygens (including phenoxy) is 2. The zero-order chi connectivity index (χ0) is 26.1. The summed E-state index contributed by atoms with van der Waals surface area (Å²) in [6, 6.07) is 19.9. The first-order valence-electron chi connectivity index (χ1n) is 11.0. The second-order valence-electron chi connectivity index (χ2n) is 7.77. The minimum absolute atomic E-state index is 0.0750. The van der Waals surface area contributed by atoms with Crippen LogP contribution in [-0.2, 0) is 24.3 Å². The molecule has 3 aromatic rings. The van der Waals surface area contributed by atoms with Gasteiger partial charge in [0, 0.05) is 0 Å². The van der Waals surface area contributed by atoms with Crippen LogP contribution in [-0.4, -0.2) is 46.8 Å². The van der Waals surface area contributed by atoms with E-state index in [-0.39, 0.29) is 11.5 Å². The molecule has 9 nitrogen and oxygen atoms in total. The number of rotatable bonds is 10. The molecule has 0 radical (unpaired) electrons. The van der Waals surface area contributed by atoms with Gasteiger partial charge in [0.25, 0.3) is 15.9 Å². The molecule has 3 aromatic carbocycles. The van der Waals surface area contributed by atoms with E-state index in [1.165, 1.54) is 25.5 Å². The summed E-state index contributed by atoms with van der Waals surface area (Å²) in [5.41, 5.74) is 5.03. The van der Waals surface area contributed by atoms with E-state index in [1.54, 1.807) is 54.6 Å². The molecule has 0 fully saturated rings. The number of nitrogens with one attached hydrogen (secondary N) is 1. The van der Waals surface area contributed by atoms with E-state index in [1.807, 2.05) is 19.9 Å². The molecule has 3 rings (SSSR count). The quantitative estimate of drug-likeness (QED) is 0.255. The molecule has 0 aliphatic carbocycles. The van der Waals surface area contributed by atoms with Gasteiger partial charge < -0.3 is 9.47 Å². The van der Waals surface area contributed by atoms with Crippen LogP contribution in [0.1, 0.15) is 16.7 Å². The van der Waals surface area contributed by atoms with Gasteiger partial charge in [-0.05, 0) is 60.9 Å². The SMILES string of the molecule is COC(=O)COc1cccc(C=NNC(=O)CN(c2cccc(C)c2C)S(=O)(=O)c2ccccc2)c1. The fourth-order valence-electron chi connectivity index (χ4n) is 3.26. The Bertz CT molecular complexity index is 1360. The number of hydrogen-bond acceptors (Lipinski definition) is 7. The number of nitrogens with zero attached hydrogens (tertiary/aromatic N) is 2. The largest absolute Gasteiger partial charge is 0.482 e. The zero-order valence-corrected chi connectivity index (χ0v) is 21.0. The van der Waals surface area contributed by atoms with Crippen LogP contribution in [0.3, 0.4) is 0 Å². The summed E-state index contributed by atoms with van der Waals surface area (Å²) in [5.74, 6) is -0.712. The molecular weight excluding hydrogens is 482 g/mol. The molecule has 0 saturated carbocycles. The van der Waals surface area contributed by atoms with Crippen LogP contribution in [0.4, 0.5) is 5.69 Å². The van der Waals surface area contributed by atoms with E-state index < -0.39 is 28.4 Å². The maximum atomic E-state index is 13.5. The van der Waals surface area contributed by atoms with E-state index in [2.05, 4.69) is 15.3 Å². The predicted molar refractivity (Wildman–Crippen MR) is 137 cm³/mol. The molecule has 0 aliphatic heterocycles. The van der Waals surface area contributed by atoms with E-state index in [9.17, 15) is 18.0 Å². The lowest BCUT2D eigenvalue weighted by Gasteiger charge is -2.26. The number of esters is 1. The molecular formula is C26H27N3O6S. The maximum absolute atomic E-state index is 13.5. The third kappa shape index (κ3) is 6.70. The molecule has 0 saturated heterocycles. The minimum Gasteiger partial charge on any atom is -0.482 e. The summed E-state index contributed by atoms with van der Waals surface area (Å²) in [5, 5.41) is 3.94. The lowest BCUT2D eigenvalue weighted by molar-refractivity contribution is -0.142. The second-order valence-corrected chi connectivity index (χ2v) is 9.64. The van der Waals surface area contributed by atoms with Gasteiger partial charge in [-0.25, -0.2) is 18.6 Å². The average Bonchev–Trinajstić information content (AvgIpc) is 2.88. The highest BCUT2D eigenvalue weighted by atomic mass is 32.2. The van der Waals surface area contributed by atoms with Crippen molar-refractivity contribution in [1.29, 1.82) is 0 Å². The topological polar surface area (TPSA) is 114 Å². The fourth-order valence-corrected chi connectivity index (χ4v) is 4.76. The van der Waals surface area contributed by atoms with Crippen molar-refractivity contribution < 1.29 is 27.5 Å². The molecule has 0 atom stereocenters. The van der Waals surface area contributed by atoms with Crippen molar-refractivity contribution in [1.82, 2.24) is 5.43 Å². The molecule has 0 unspecified atom stereocenters. The summed E-state index contributed by atoms with van der Waals surface area (Å²) in [4.78, 5) is 24.1. The molecule has 0 aliphatic rings. The number of hydrogen-bond donors (Lipinski definition) is 1. The Morgan fingerprint density at radius 3 is 2.44 bits per heavy atom. The molecule has 0 spiro atoms. The van der Waals surface area contributed by atoms with Gasteiger partial charge in [-0.15, -0.1) is 0 Å². The van der Waals surface area contributed by atoms with Gasteiger partial charge in [0.1, 0.15) is 12.3 Å². The Hall–Kier alpha value is -4.18. The van der Waals surface area contributed by atoms with Crippen LogP contribution in [0.15, 0.2) is 82.8 Å². The van der Waals surface area contributed by atoms with Crippen LogP contribution >= 0.6 is 0 Å². The first kappa shape index (κ1) is 26.4. The Labute approximate surface area is 210 Å². The monoisotopic (exact) mass is 509 g/mol. The Morgan fingerprint density at radius 2 is 1.72 bits per heavy atom. The number of anilines is 1. The molecule has 1 amide bonds. The van der Waals surface area contributed by atoms with Gasteiger partial charge >= 0.3 is 5.97 Å². The van der Waals surface area contributed by atoms with Crippen LogP contribution in [0.2, 0.25) is 0 Å². The summed E-state index contributed by atoms with van der Waals surface area (Å²) < 4.78 is 37.9. The summed E-state index contributed by atoms with van der Waals surface area (Å²) in [6.07, 6.45) is 1.39. The Balaban J connectivity index is 1.77. The smallest absolute Gasteiger partial charge is 0.343 e. The molecule has 36 heavy (non-hydrogen) atoms. The van der Waals surface area contributed by atoms with E-state index >= 15 is 0 Å². The first-order chi connectivity index (χ1) is 17.2. The molecule has 0 aromatic heterocycles. The van der Waals surface area contributed by atoms with E-state index in [4.69, 9.17) is 4.74 Å². The van der Waals surface area contributed by atoms with Gasteiger partial charge in [-0.2, -0.15) is 5.10 Å². The normalized spacial score (nSPS) is 11.2. The number of benzene rings is 3. The van der Waals surface area contributed by atoms with Crippen molar-refractivity contribution in [2.45, 2.75) is 18.7 Å². The van der Waals surface area contributed by atoms with Gasteiger partial charge in [0.2, 0.25) is 0 Å². The molecule has 1 N–H and O–H groups in total. The van der Waals surface area contributed by atoms with Crippen molar-refractivity contribution in [2.75, 3.05) is 24.6 Å². The highest BCUT2D eigenvalue weighted by Gasteiger charge is 2.28. The summed E-state index contributed by atoms with van der Waals surface area (Å²) in [7, 11) is -2.75. The third-order valence-corrected chi connectivity index (χ3v) is 7.08. The zero-order valence-electron chi connectivity index (χ0n) is 20.2. The van der Waals surface area contributed by atoms with Crippen LogP contribution in [0, 0.1) is 13.8 Å². The number of carbonyl (C=O) groups excluding carboxylic acids is 2. The third-order valence-electron chi connectivity index (χ3n) is 5.31. The van der Waals surface area contributed by atoms with Gasteiger partial charge in [0.15, 0.2) is 6.61 Å². The predicted octanol–water partition coefficient (Wildman–Crippen LogP) is 3.20. The van der Waals surface area contributed by atoms with E-state index in [0.29, 0.717) is 17.0 Å². The Morgan fingerprint density at radius 1 is 1.00 bits per heavy atom. The van der Waals surface area contributed by atoms with Gasteiger partial charge in [0.05, 0.1) is 23.9 Å². The number of aryl methyl sites for hydroxylation is 1. The van der Waals surface area contributed by atoms with Gasteiger partial charge in [-0.3, -0.25) is 9.10 Å². The second kappa shape index (κ2) is 12.0. The van der Waals surface area contributed by atoms with Crippen molar-refractivity contribution in [3.8, 4) is 5.75 Å². The number of sulfonamides is 1. The van der Waals surface area contributed by atoms with Crippen molar-refractivity contribution in [3.05, 3.63) is 89.5 Å². The van der Waals surface area contributed by atoms with Crippen LogP contribution in [0.5, 0.6) is 5.75 Å². The fraction of sp³-hybridized carbons (Fsp3) is 0.192. The van der Waals surface area contributed by atoms with E-state index in [0.717, 1.165) is 15.4 Å². The highest BCUT2D eigenvalue weighted by molar-refractivity contribution is 7.92. The van der Waals surface area contributed by atoms with Crippen molar-refractivity contribution >= 4 is 33.8 Å². The minimum atomic E-state index is -4.02. The Kier molecular flexibility index (Phi) is 8.80. The standard InChI is InChI=1S/C26H27N3O6S/c1-19-9-7-14-24(20(19)2)29(36(32,33)23-12-5-4-6-13-23)17-25(30)28-27-16-21-10-8-11-22(15-21)35-18-26(31)34-3/h4-16H,17-18H2,1-3H3,(H,28,30). The average molecular weight is 510 g/mol. The molecule has 0 bridgehead atoms. The molecule has 10 heteroatoms. The summed E-state index contributed by atoms with van der Waals surface area (Å²) >= 11 is 0. The number of hydrazone groups is 1. The number of amides is 1. The molecule has 188 valence electrons. The van der Waals surface area contributed by atoms with Gasteiger partial charge in [-0.1, -0.05) is 42.5 Å². The first-order valence-corrected chi connectivity index (χ1v) is 12.4. The maximum Gasteiger partial charge on any atom is 0.343 e.